The van der Waals surface area contributed by atoms with Crippen molar-refractivity contribution in [1.82, 2.24) is 4.90 Å². The lowest BCUT2D eigenvalue weighted by molar-refractivity contribution is 0.202. The van der Waals surface area contributed by atoms with E-state index in [1.165, 1.54) is 12.5 Å². The third-order valence-corrected chi connectivity index (χ3v) is 4.40. The number of likely N-dealkylation sites (tertiary alicyclic amines) is 1. The third-order valence-electron chi connectivity index (χ3n) is 4.40. The first kappa shape index (κ1) is 14.2. The van der Waals surface area contributed by atoms with E-state index in [1.807, 2.05) is 0 Å². The van der Waals surface area contributed by atoms with Crippen molar-refractivity contribution in [2.45, 2.75) is 40.2 Å². The summed E-state index contributed by atoms with van der Waals surface area (Å²) in [4.78, 5) is 2.43. The summed E-state index contributed by atoms with van der Waals surface area (Å²) in [5.41, 5.74) is 1.32. The number of rotatable bonds is 2. The molecule has 0 spiro atoms. The van der Waals surface area contributed by atoms with Crippen LogP contribution >= 0.6 is 0 Å². The lowest BCUT2D eigenvalue weighted by atomic mass is 9.80. The maximum Gasteiger partial charge on any atom is 0.119 e. The van der Waals surface area contributed by atoms with Crippen LogP contribution in [0.15, 0.2) is 18.2 Å². The van der Waals surface area contributed by atoms with Gasteiger partial charge in [0.25, 0.3) is 0 Å². The van der Waals surface area contributed by atoms with Gasteiger partial charge in [-0.1, -0.05) is 20.8 Å². The van der Waals surface area contributed by atoms with Crippen molar-refractivity contribution in [2.24, 2.45) is 11.3 Å². The lowest BCUT2D eigenvalue weighted by Gasteiger charge is -2.29. The van der Waals surface area contributed by atoms with Crippen molar-refractivity contribution in [2.75, 3.05) is 13.1 Å². The van der Waals surface area contributed by atoms with Gasteiger partial charge in [-0.15, -0.1) is 0 Å². The highest BCUT2D eigenvalue weighted by molar-refractivity contribution is 5.38. The molecule has 106 valence electrons. The number of benzene rings is 1. The first-order chi connectivity index (χ1) is 8.77. The van der Waals surface area contributed by atoms with Gasteiger partial charge in [-0.05, 0) is 48.9 Å². The summed E-state index contributed by atoms with van der Waals surface area (Å²) >= 11 is 0. The van der Waals surface area contributed by atoms with Crippen LogP contribution in [-0.2, 0) is 0 Å². The summed E-state index contributed by atoms with van der Waals surface area (Å²) < 4.78 is 0. The molecule has 2 N–H and O–H groups in total. The van der Waals surface area contributed by atoms with Crippen LogP contribution in [0, 0.1) is 11.3 Å². The SMILES string of the molecule is CC(c1cc(O)cc(O)c1)N1CCC(C(C)(C)C)C1. The Balaban J connectivity index is 2.11. The molecule has 1 heterocycles. The van der Waals surface area contributed by atoms with E-state index >= 15 is 0 Å². The zero-order valence-electron chi connectivity index (χ0n) is 12.3. The molecule has 0 aliphatic carbocycles. The van der Waals surface area contributed by atoms with Crippen LogP contribution in [0.25, 0.3) is 0 Å². The first-order valence-electron chi connectivity index (χ1n) is 7.04. The molecule has 0 amide bonds. The van der Waals surface area contributed by atoms with E-state index in [2.05, 4.69) is 32.6 Å². The molecule has 1 fully saturated rings. The summed E-state index contributed by atoms with van der Waals surface area (Å²) in [6, 6.07) is 5.09. The molecule has 1 aromatic carbocycles. The van der Waals surface area contributed by atoms with E-state index in [4.69, 9.17) is 0 Å². The quantitative estimate of drug-likeness (QED) is 0.858. The summed E-state index contributed by atoms with van der Waals surface area (Å²) in [7, 11) is 0. The Labute approximate surface area is 115 Å². The molecule has 1 aliphatic heterocycles. The van der Waals surface area contributed by atoms with Gasteiger partial charge in [-0.25, -0.2) is 0 Å². The van der Waals surface area contributed by atoms with Crippen molar-refractivity contribution < 1.29 is 10.2 Å². The van der Waals surface area contributed by atoms with E-state index in [-0.39, 0.29) is 17.5 Å². The topological polar surface area (TPSA) is 43.7 Å². The number of nitrogens with zero attached hydrogens (tertiary/aromatic N) is 1. The number of phenols is 2. The molecule has 0 bridgehead atoms. The highest BCUT2D eigenvalue weighted by Gasteiger charge is 2.33. The highest BCUT2D eigenvalue weighted by atomic mass is 16.3. The molecular weight excluding hydrogens is 238 g/mol. The molecule has 0 radical (unpaired) electrons. The normalized spacial score (nSPS) is 22.6. The molecule has 3 heteroatoms. The Morgan fingerprint density at radius 3 is 2.21 bits per heavy atom. The molecule has 1 aromatic rings. The van der Waals surface area contributed by atoms with Crippen LogP contribution in [0.1, 0.15) is 45.7 Å². The maximum absolute atomic E-state index is 9.59. The zero-order chi connectivity index (χ0) is 14.2. The van der Waals surface area contributed by atoms with E-state index in [1.54, 1.807) is 12.1 Å². The van der Waals surface area contributed by atoms with E-state index < -0.39 is 0 Å². The Hall–Kier alpha value is -1.22. The number of aromatic hydroxyl groups is 2. The van der Waals surface area contributed by atoms with Crippen molar-refractivity contribution in [1.29, 1.82) is 0 Å². The Bertz CT molecular complexity index is 430. The molecule has 19 heavy (non-hydrogen) atoms. The predicted molar refractivity (Wildman–Crippen MR) is 77.3 cm³/mol. The summed E-state index contributed by atoms with van der Waals surface area (Å²) in [6.07, 6.45) is 1.22. The Morgan fingerprint density at radius 1 is 1.16 bits per heavy atom. The van der Waals surface area contributed by atoms with Crippen molar-refractivity contribution in [3.63, 3.8) is 0 Å². The molecular formula is C16H25NO2. The first-order valence-corrected chi connectivity index (χ1v) is 7.04. The predicted octanol–water partition coefficient (Wildman–Crippen LogP) is 3.53. The largest absolute Gasteiger partial charge is 0.508 e. The van der Waals surface area contributed by atoms with E-state index in [0.29, 0.717) is 11.3 Å². The average molecular weight is 263 g/mol. The second-order valence-corrected chi connectivity index (χ2v) is 6.81. The third kappa shape index (κ3) is 3.21. The van der Waals surface area contributed by atoms with Crippen LogP contribution in [-0.4, -0.2) is 28.2 Å². The number of hydrogen-bond donors (Lipinski definition) is 2. The van der Waals surface area contributed by atoms with Gasteiger partial charge in [0.15, 0.2) is 0 Å². The van der Waals surface area contributed by atoms with Gasteiger partial charge >= 0.3 is 0 Å². The van der Waals surface area contributed by atoms with Gasteiger partial charge in [-0.2, -0.15) is 0 Å². The van der Waals surface area contributed by atoms with Crippen LogP contribution in [0.2, 0.25) is 0 Å². The summed E-state index contributed by atoms with van der Waals surface area (Å²) in [5.74, 6) is 0.975. The molecule has 1 aliphatic rings. The van der Waals surface area contributed by atoms with Gasteiger partial charge in [0, 0.05) is 18.7 Å². The molecule has 3 nitrogen and oxygen atoms in total. The number of phenolic OH excluding ortho intramolecular Hbond substituents is 2. The van der Waals surface area contributed by atoms with Crippen LogP contribution in [0.4, 0.5) is 0 Å². The molecule has 0 aromatic heterocycles. The van der Waals surface area contributed by atoms with Gasteiger partial charge in [0.1, 0.15) is 11.5 Å². The molecule has 1 saturated heterocycles. The van der Waals surface area contributed by atoms with Crippen molar-refractivity contribution in [3.8, 4) is 11.5 Å². The fraction of sp³-hybridized carbons (Fsp3) is 0.625. The Kier molecular flexibility index (Phi) is 3.77. The van der Waals surface area contributed by atoms with Gasteiger partial charge in [0.05, 0.1) is 0 Å². The molecule has 2 rings (SSSR count). The fourth-order valence-electron chi connectivity index (χ4n) is 2.92. The zero-order valence-corrected chi connectivity index (χ0v) is 12.3. The highest BCUT2D eigenvalue weighted by Crippen LogP contribution is 2.37. The summed E-state index contributed by atoms with van der Waals surface area (Å²) in [5, 5.41) is 19.2. The van der Waals surface area contributed by atoms with E-state index in [9.17, 15) is 10.2 Å². The molecule has 0 saturated carbocycles. The van der Waals surface area contributed by atoms with Gasteiger partial charge in [-0.3, -0.25) is 4.90 Å². The Morgan fingerprint density at radius 2 is 1.74 bits per heavy atom. The van der Waals surface area contributed by atoms with Crippen LogP contribution in [0.3, 0.4) is 0 Å². The van der Waals surface area contributed by atoms with Crippen LogP contribution in [0.5, 0.6) is 11.5 Å². The lowest BCUT2D eigenvalue weighted by Crippen LogP contribution is -2.28. The average Bonchev–Trinajstić information content (AvgIpc) is 2.75. The number of hydrogen-bond acceptors (Lipinski definition) is 3. The van der Waals surface area contributed by atoms with Crippen LogP contribution < -0.4 is 0 Å². The van der Waals surface area contributed by atoms with E-state index in [0.717, 1.165) is 18.7 Å². The minimum absolute atomic E-state index is 0.133. The fourth-order valence-corrected chi connectivity index (χ4v) is 2.92. The monoisotopic (exact) mass is 263 g/mol. The minimum Gasteiger partial charge on any atom is -0.508 e. The second-order valence-electron chi connectivity index (χ2n) is 6.81. The molecule has 2 unspecified atom stereocenters. The van der Waals surface area contributed by atoms with Crippen molar-refractivity contribution in [3.05, 3.63) is 23.8 Å². The standard InChI is InChI=1S/C16H25NO2/c1-11(12-7-14(18)9-15(19)8-12)17-6-5-13(10-17)16(2,3)4/h7-9,11,13,18-19H,5-6,10H2,1-4H3. The smallest absolute Gasteiger partial charge is 0.119 e. The van der Waals surface area contributed by atoms with Crippen molar-refractivity contribution >= 4 is 0 Å². The minimum atomic E-state index is 0.133. The van der Waals surface area contributed by atoms with Gasteiger partial charge in [0.2, 0.25) is 0 Å². The van der Waals surface area contributed by atoms with Gasteiger partial charge < -0.3 is 10.2 Å². The summed E-state index contributed by atoms with van der Waals surface area (Å²) in [6.45, 7) is 11.2. The maximum atomic E-state index is 9.59. The molecule has 2 atom stereocenters. The second kappa shape index (κ2) is 5.04.